The molecular weight excluding hydrogens is 276 g/mol. The summed E-state index contributed by atoms with van der Waals surface area (Å²) in [7, 11) is 4.03. The Labute approximate surface area is 129 Å². The third-order valence-corrected chi connectivity index (χ3v) is 3.56. The minimum absolute atomic E-state index is 0.0428. The van der Waals surface area contributed by atoms with Crippen molar-refractivity contribution in [3.63, 3.8) is 0 Å². The van der Waals surface area contributed by atoms with Crippen LogP contribution in [0, 0.1) is 0 Å². The van der Waals surface area contributed by atoms with E-state index in [2.05, 4.69) is 27.3 Å². The van der Waals surface area contributed by atoms with Gasteiger partial charge in [-0.05, 0) is 29.8 Å². The fourth-order valence-corrected chi connectivity index (χ4v) is 2.21. The van der Waals surface area contributed by atoms with E-state index < -0.39 is 0 Å². The van der Waals surface area contributed by atoms with Gasteiger partial charge in [-0.25, -0.2) is 4.68 Å². The zero-order chi connectivity index (χ0) is 15.5. The molecule has 0 aliphatic heterocycles. The maximum Gasteiger partial charge on any atom is 0.113 e. The Morgan fingerprint density at radius 1 is 1.00 bits per heavy atom. The van der Waals surface area contributed by atoms with Crippen molar-refractivity contribution in [2.75, 3.05) is 19.0 Å². The van der Waals surface area contributed by atoms with Crippen LogP contribution in [0.4, 0.5) is 5.69 Å². The summed E-state index contributed by atoms with van der Waals surface area (Å²) in [5, 5.41) is 17.5. The highest BCUT2D eigenvalue weighted by Crippen LogP contribution is 2.21. The number of benzene rings is 2. The van der Waals surface area contributed by atoms with Crippen LogP contribution in [-0.2, 0) is 6.61 Å². The SMILES string of the molecule is CN(C)c1ccc(-c2cn(-c3ccc(CO)cc3)nn2)cc1. The molecule has 0 saturated heterocycles. The van der Waals surface area contributed by atoms with Gasteiger partial charge in [0, 0.05) is 25.3 Å². The average molecular weight is 294 g/mol. The van der Waals surface area contributed by atoms with Gasteiger partial charge < -0.3 is 10.0 Å². The number of aliphatic hydroxyl groups is 1. The normalized spacial score (nSPS) is 10.7. The van der Waals surface area contributed by atoms with Gasteiger partial charge in [0.1, 0.15) is 5.69 Å². The molecule has 0 atom stereocenters. The summed E-state index contributed by atoms with van der Waals surface area (Å²) in [5.41, 5.74) is 4.81. The maximum atomic E-state index is 9.08. The fourth-order valence-electron chi connectivity index (χ4n) is 2.21. The molecule has 1 heterocycles. The van der Waals surface area contributed by atoms with Gasteiger partial charge in [0.15, 0.2) is 0 Å². The minimum atomic E-state index is 0.0428. The Hall–Kier alpha value is -2.66. The van der Waals surface area contributed by atoms with Crippen LogP contribution in [0.3, 0.4) is 0 Å². The van der Waals surface area contributed by atoms with Crippen molar-refractivity contribution in [1.82, 2.24) is 15.0 Å². The second-order valence-electron chi connectivity index (χ2n) is 5.31. The van der Waals surface area contributed by atoms with Crippen LogP contribution in [0.15, 0.2) is 54.7 Å². The van der Waals surface area contributed by atoms with Crippen LogP contribution in [0.5, 0.6) is 0 Å². The summed E-state index contributed by atoms with van der Waals surface area (Å²) in [5.74, 6) is 0. The highest BCUT2D eigenvalue weighted by molar-refractivity contribution is 5.62. The third kappa shape index (κ3) is 2.84. The number of hydrogen-bond acceptors (Lipinski definition) is 4. The third-order valence-electron chi connectivity index (χ3n) is 3.56. The van der Waals surface area contributed by atoms with E-state index in [1.54, 1.807) is 4.68 Å². The van der Waals surface area contributed by atoms with Gasteiger partial charge in [0.2, 0.25) is 0 Å². The van der Waals surface area contributed by atoms with E-state index in [1.165, 1.54) is 0 Å². The highest BCUT2D eigenvalue weighted by Gasteiger charge is 2.06. The van der Waals surface area contributed by atoms with Crippen molar-refractivity contribution >= 4 is 5.69 Å². The second-order valence-corrected chi connectivity index (χ2v) is 5.31. The van der Waals surface area contributed by atoms with Gasteiger partial charge in [-0.2, -0.15) is 0 Å². The van der Waals surface area contributed by atoms with Crippen molar-refractivity contribution < 1.29 is 5.11 Å². The Morgan fingerprint density at radius 3 is 2.27 bits per heavy atom. The van der Waals surface area contributed by atoms with E-state index in [-0.39, 0.29) is 6.61 Å². The standard InChI is InChI=1S/C17H18N4O/c1-20(2)15-9-5-14(6-10-15)17-11-21(19-18-17)16-7-3-13(12-22)4-8-16/h3-11,22H,12H2,1-2H3. The molecule has 0 saturated carbocycles. The number of aliphatic hydroxyl groups excluding tert-OH is 1. The highest BCUT2D eigenvalue weighted by atomic mass is 16.3. The van der Waals surface area contributed by atoms with Gasteiger partial charge in [-0.1, -0.05) is 29.5 Å². The molecule has 1 aromatic heterocycles. The molecule has 5 heteroatoms. The monoisotopic (exact) mass is 294 g/mol. The van der Waals surface area contributed by atoms with Gasteiger partial charge in [0.05, 0.1) is 18.5 Å². The van der Waals surface area contributed by atoms with E-state index in [9.17, 15) is 0 Å². The number of nitrogens with zero attached hydrogens (tertiary/aromatic N) is 4. The molecule has 0 aliphatic rings. The molecule has 22 heavy (non-hydrogen) atoms. The molecule has 1 N–H and O–H groups in total. The number of anilines is 1. The molecule has 3 aromatic rings. The van der Waals surface area contributed by atoms with Crippen molar-refractivity contribution in [1.29, 1.82) is 0 Å². The van der Waals surface area contributed by atoms with Crippen LogP contribution < -0.4 is 4.90 Å². The van der Waals surface area contributed by atoms with E-state index in [0.717, 1.165) is 28.2 Å². The Morgan fingerprint density at radius 2 is 1.68 bits per heavy atom. The minimum Gasteiger partial charge on any atom is -0.392 e. The van der Waals surface area contributed by atoms with Crippen molar-refractivity contribution in [3.8, 4) is 16.9 Å². The number of rotatable bonds is 4. The first-order chi connectivity index (χ1) is 10.7. The van der Waals surface area contributed by atoms with Crippen LogP contribution in [0.1, 0.15) is 5.56 Å². The molecule has 112 valence electrons. The zero-order valence-corrected chi connectivity index (χ0v) is 12.6. The lowest BCUT2D eigenvalue weighted by atomic mass is 10.1. The zero-order valence-electron chi connectivity index (χ0n) is 12.6. The largest absolute Gasteiger partial charge is 0.392 e. The lowest BCUT2D eigenvalue weighted by Crippen LogP contribution is -2.07. The maximum absolute atomic E-state index is 9.08. The lowest BCUT2D eigenvalue weighted by Gasteiger charge is -2.11. The predicted octanol–water partition coefficient (Wildman–Crippen LogP) is 2.49. The molecule has 2 aromatic carbocycles. The Kier molecular flexibility index (Phi) is 3.89. The first-order valence-electron chi connectivity index (χ1n) is 7.07. The second kappa shape index (κ2) is 5.99. The summed E-state index contributed by atoms with van der Waals surface area (Å²) in [4.78, 5) is 2.06. The van der Waals surface area contributed by atoms with E-state index in [0.29, 0.717) is 0 Å². The molecule has 0 bridgehead atoms. The van der Waals surface area contributed by atoms with Crippen LogP contribution in [0.25, 0.3) is 16.9 Å². The van der Waals surface area contributed by atoms with E-state index >= 15 is 0 Å². The van der Waals surface area contributed by atoms with E-state index in [4.69, 9.17) is 5.11 Å². The lowest BCUT2D eigenvalue weighted by molar-refractivity contribution is 0.282. The molecule has 0 unspecified atom stereocenters. The molecule has 0 radical (unpaired) electrons. The molecule has 0 fully saturated rings. The van der Waals surface area contributed by atoms with E-state index in [1.807, 2.05) is 56.7 Å². The average Bonchev–Trinajstić information content (AvgIpc) is 3.05. The first kappa shape index (κ1) is 14.3. The summed E-state index contributed by atoms with van der Waals surface area (Å²) in [6, 6.07) is 15.8. The molecule has 0 amide bonds. The van der Waals surface area contributed by atoms with Gasteiger partial charge in [-0.3, -0.25) is 0 Å². The smallest absolute Gasteiger partial charge is 0.113 e. The van der Waals surface area contributed by atoms with Crippen molar-refractivity contribution in [3.05, 3.63) is 60.3 Å². The topological polar surface area (TPSA) is 54.2 Å². The summed E-state index contributed by atoms with van der Waals surface area (Å²) >= 11 is 0. The predicted molar refractivity (Wildman–Crippen MR) is 87.0 cm³/mol. The summed E-state index contributed by atoms with van der Waals surface area (Å²) in [6.07, 6.45) is 1.90. The van der Waals surface area contributed by atoms with Crippen molar-refractivity contribution in [2.24, 2.45) is 0 Å². The Bertz CT molecular complexity index is 745. The van der Waals surface area contributed by atoms with Gasteiger partial charge in [0.25, 0.3) is 0 Å². The number of hydrogen-bond donors (Lipinski definition) is 1. The Balaban J connectivity index is 1.86. The first-order valence-corrected chi connectivity index (χ1v) is 7.07. The molecule has 0 aliphatic carbocycles. The van der Waals surface area contributed by atoms with Gasteiger partial charge in [-0.15, -0.1) is 5.10 Å². The van der Waals surface area contributed by atoms with Crippen LogP contribution >= 0.6 is 0 Å². The quantitative estimate of drug-likeness (QED) is 0.803. The van der Waals surface area contributed by atoms with Crippen LogP contribution in [-0.4, -0.2) is 34.2 Å². The molecule has 5 nitrogen and oxygen atoms in total. The fraction of sp³-hybridized carbons (Fsp3) is 0.176. The van der Waals surface area contributed by atoms with Crippen molar-refractivity contribution in [2.45, 2.75) is 6.61 Å². The molecule has 3 rings (SSSR count). The van der Waals surface area contributed by atoms with Gasteiger partial charge >= 0.3 is 0 Å². The number of aromatic nitrogens is 3. The van der Waals surface area contributed by atoms with Crippen LogP contribution in [0.2, 0.25) is 0 Å². The summed E-state index contributed by atoms with van der Waals surface area (Å²) < 4.78 is 1.73. The molecule has 0 spiro atoms. The summed E-state index contributed by atoms with van der Waals surface area (Å²) in [6.45, 7) is 0.0428. The molecular formula is C17H18N4O.